The second-order valence-electron chi connectivity index (χ2n) is 3.65. The Labute approximate surface area is 112 Å². The van der Waals surface area contributed by atoms with Crippen LogP contribution in [0, 0.1) is 10.1 Å². The quantitative estimate of drug-likeness (QED) is 0.491. The second kappa shape index (κ2) is 5.65. The highest BCUT2D eigenvalue weighted by atomic mass is 16.6. The minimum Gasteiger partial charge on any atom is -0.478 e. The molecule has 0 fully saturated rings. The summed E-state index contributed by atoms with van der Waals surface area (Å²) < 4.78 is 4.86. The van der Waals surface area contributed by atoms with Gasteiger partial charge >= 0.3 is 11.9 Å². The van der Waals surface area contributed by atoms with Gasteiger partial charge in [0.1, 0.15) is 4.92 Å². The fraction of sp³-hybridized carbons (Fsp3) is 0. The molecule has 0 aliphatic carbocycles. The lowest BCUT2D eigenvalue weighted by atomic mass is 10.2. The summed E-state index contributed by atoms with van der Waals surface area (Å²) in [4.78, 5) is 20.7. The van der Waals surface area contributed by atoms with Crippen molar-refractivity contribution in [2.24, 2.45) is 5.10 Å². The van der Waals surface area contributed by atoms with Crippen LogP contribution in [0.4, 0.5) is 11.6 Å². The van der Waals surface area contributed by atoms with Gasteiger partial charge in [0.15, 0.2) is 5.76 Å². The highest BCUT2D eigenvalue weighted by molar-refractivity contribution is 5.94. The molecule has 1 aromatic carbocycles. The fourth-order valence-corrected chi connectivity index (χ4v) is 1.44. The molecule has 0 aliphatic heterocycles. The van der Waals surface area contributed by atoms with Crippen LogP contribution < -0.4 is 5.43 Å². The number of carboxylic acids is 1. The van der Waals surface area contributed by atoms with E-state index in [-0.39, 0.29) is 11.3 Å². The number of nitro groups is 1. The van der Waals surface area contributed by atoms with Crippen molar-refractivity contribution in [1.82, 2.24) is 0 Å². The molecule has 8 nitrogen and oxygen atoms in total. The maximum absolute atomic E-state index is 10.9. The smallest absolute Gasteiger partial charge is 0.433 e. The largest absolute Gasteiger partial charge is 0.478 e. The molecular weight excluding hydrogens is 266 g/mol. The summed E-state index contributed by atoms with van der Waals surface area (Å²) in [5.74, 6) is -1.30. The molecule has 8 heteroatoms. The van der Waals surface area contributed by atoms with Gasteiger partial charge in [-0.1, -0.05) is 12.1 Å². The molecular formula is C12H9N3O5. The van der Waals surface area contributed by atoms with Gasteiger partial charge in [-0.25, -0.2) is 4.79 Å². The zero-order valence-corrected chi connectivity index (χ0v) is 10.0. The molecule has 0 aliphatic rings. The molecule has 0 unspecified atom stereocenters. The molecule has 1 heterocycles. The topological polar surface area (TPSA) is 118 Å². The molecule has 0 amide bonds. The number of anilines is 1. The maximum atomic E-state index is 10.9. The minimum absolute atomic E-state index is 0.0649. The van der Waals surface area contributed by atoms with Crippen LogP contribution in [0.25, 0.3) is 0 Å². The van der Waals surface area contributed by atoms with E-state index in [1.165, 1.54) is 24.4 Å². The van der Waals surface area contributed by atoms with E-state index in [4.69, 9.17) is 9.52 Å². The molecule has 20 heavy (non-hydrogen) atoms. The Morgan fingerprint density at radius 2 is 2.10 bits per heavy atom. The van der Waals surface area contributed by atoms with Crippen LogP contribution in [-0.4, -0.2) is 22.2 Å². The first kappa shape index (κ1) is 13.3. The monoisotopic (exact) mass is 275 g/mol. The zero-order valence-electron chi connectivity index (χ0n) is 10.0. The van der Waals surface area contributed by atoms with E-state index in [9.17, 15) is 14.9 Å². The number of furan rings is 1. The normalized spacial score (nSPS) is 10.6. The Kier molecular flexibility index (Phi) is 3.75. The van der Waals surface area contributed by atoms with E-state index in [0.717, 1.165) is 0 Å². The number of nitrogens with zero attached hydrogens (tertiary/aromatic N) is 2. The van der Waals surface area contributed by atoms with Crippen LogP contribution in [0.2, 0.25) is 0 Å². The lowest BCUT2D eigenvalue weighted by Crippen LogP contribution is -2.01. The molecule has 0 atom stereocenters. The SMILES string of the molecule is O=C(O)c1ccccc1N/N=C\c1ccc([N+](=O)[O-])o1. The number of carbonyl (C=O) groups is 1. The van der Waals surface area contributed by atoms with E-state index in [1.54, 1.807) is 18.2 Å². The number of carboxylic acid groups (broad SMARTS) is 1. The average Bonchev–Trinajstić information content (AvgIpc) is 2.88. The van der Waals surface area contributed by atoms with Gasteiger partial charge in [-0.05, 0) is 18.2 Å². The fourth-order valence-electron chi connectivity index (χ4n) is 1.44. The van der Waals surface area contributed by atoms with E-state index in [1.807, 2.05) is 0 Å². The van der Waals surface area contributed by atoms with Crippen LogP contribution in [0.15, 0.2) is 45.9 Å². The number of para-hydroxylation sites is 1. The number of hydrogen-bond acceptors (Lipinski definition) is 6. The van der Waals surface area contributed by atoms with Crippen LogP contribution >= 0.6 is 0 Å². The third kappa shape index (κ3) is 2.99. The molecule has 0 saturated carbocycles. The van der Waals surface area contributed by atoms with Crippen LogP contribution in [0.1, 0.15) is 16.1 Å². The molecule has 0 spiro atoms. The molecule has 0 radical (unpaired) electrons. The van der Waals surface area contributed by atoms with Crippen molar-refractivity contribution in [2.45, 2.75) is 0 Å². The van der Waals surface area contributed by atoms with Gasteiger partial charge in [0.25, 0.3) is 0 Å². The Morgan fingerprint density at radius 1 is 1.35 bits per heavy atom. The summed E-state index contributed by atoms with van der Waals surface area (Å²) in [5.41, 5.74) is 2.91. The summed E-state index contributed by atoms with van der Waals surface area (Å²) in [6.07, 6.45) is 1.21. The standard InChI is InChI=1S/C12H9N3O5/c16-12(17)9-3-1-2-4-10(9)14-13-7-8-5-6-11(20-8)15(18)19/h1-7,14H,(H,16,17)/b13-7-. The highest BCUT2D eigenvalue weighted by Crippen LogP contribution is 2.16. The summed E-state index contributed by atoms with van der Waals surface area (Å²) in [7, 11) is 0. The zero-order chi connectivity index (χ0) is 14.5. The van der Waals surface area contributed by atoms with Crippen molar-refractivity contribution in [1.29, 1.82) is 0 Å². The number of hydrogen-bond donors (Lipinski definition) is 2. The predicted octanol–water partition coefficient (Wildman–Crippen LogP) is 2.33. The molecule has 2 rings (SSSR count). The van der Waals surface area contributed by atoms with E-state index in [2.05, 4.69) is 10.5 Å². The summed E-state index contributed by atoms with van der Waals surface area (Å²) in [6.45, 7) is 0. The van der Waals surface area contributed by atoms with Crippen LogP contribution in [0.3, 0.4) is 0 Å². The highest BCUT2D eigenvalue weighted by Gasteiger charge is 2.10. The average molecular weight is 275 g/mol. The molecule has 0 saturated heterocycles. The number of nitrogens with one attached hydrogen (secondary N) is 1. The molecule has 1 aromatic heterocycles. The van der Waals surface area contributed by atoms with Crippen molar-refractivity contribution >= 4 is 23.8 Å². The number of hydrazone groups is 1. The van der Waals surface area contributed by atoms with Gasteiger partial charge in [-0.2, -0.15) is 5.10 Å². The molecule has 2 N–H and O–H groups in total. The van der Waals surface area contributed by atoms with Crippen molar-refractivity contribution in [3.63, 3.8) is 0 Å². The van der Waals surface area contributed by atoms with Gasteiger partial charge in [-0.3, -0.25) is 15.5 Å². The van der Waals surface area contributed by atoms with Gasteiger partial charge in [0, 0.05) is 0 Å². The summed E-state index contributed by atoms with van der Waals surface area (Å²) in [5, 5.41) is 23.1. The number of aromatic carboxylic acids is 1. The van der Waals surface area contributed by atoms with Crippen molar-refractivity contribution in [2.75, 3.05) is 5.43 Å². The van der Waals surface area contributed by atoms with Gasteiger partial charge < -0.3 is 9.52 Å². The van der Waals surface area contributed by atoms with Crippen molar-refractivity contribution < 1.29 is 19.2 Å². The van der Waals surface area contributed by atoms with Gasteiger partial charge in [-0.15, -0.1) is 0 Å². The minimum atomic E-state index is -1.09. The first-order chi connectivity index (χ1) is 9.58. The maximum Gasteiger partial charge on any atom is 0.433 e. The Bertz CT molecular complexity index is 677. The van der Waals surface area contributed by atoms with Crippen molar-refractivity contribution in [3.8, 4) is 0 Å². The summed E-state index contributed by atoms with van der Waals surface area (Å²) >= 11 is 0. The third-order valence-corrected chi connectivity index (χ3v) is 2.33. The summed E-state index contributed by atoms with van der Waals surface area (Å²) in [6, 6.07) is 8.80. The lowest BCUT2D eigenvalue weighted by Gasteiger charge is -2.03. The first-order valence-electron chi connectivity index (χ1n) is 5.43. The Morgan fingerprint density at radius 3 is 2.75 bits per heavy atom. The van der Waals surface area contributed by atoms with Crippen molar-refractivity contribution in [3.05, 3.63) is 57.8 Å². The van der Waals surface area contributed by atoms with E-state index in [0.29, 0.717) is 5.69 Å². The Hall–Kier alpha value is -3.16. The number of rotatable bonds is 5. The van der Waals surface area contributed by atoms with E-state index >= 15 is 0 Å². The molecule has 2 aromatic rings. The van der Waals surface area contributed by atoms with E-state index < -0.39 is 16.8 Å². The number of benzene rings is 1. The van der Waals surface area contributed by atoms with Gasteiger partial charge in [0.2, 0.25) is 0 Å². The van der Waals surface area contributed by atoms with Crippen LogP contribution in [-0.2, 0) is 0 Å². The van der Waals surface area contributed by atoms with Gasteiger partial charge in [0.05, 0.1) is 23.5 Å². The first-order valence-corrected chi connectivity index (χ1v) is 5.43. The third-order valence-electron chi connectivity index (χ3n) is 2.33. The molecule has 102 valence electrons. The Balaban J connectivity index is 2.10. The molecule has 0 bridgehead atoms. The predicted molar refractivity (Wildman–Crippen MR) is 70.0 cm³/mol. The van der Waals surface area contributed by atoms with Crippen LogP contribution in [0.5, 0.6) is 0 Å². The second-order valence-corrected chi connectivity index (χ2v) is 3.65. The lowest BCUT2D eigenvalue weighted by molar-refractivity contribution is -0.402.